The Hall–Kier alpha value is -3.57. The molecule has 1 saturated heterocycles. The Bertz CT molecular complexity index is 1190. The molecule has 1 aliphatic rings. The number of aromatic nitrogens is 3. The molecule has 176 valence electrons. The van der Waals surface area contributed by atoms with Crippen molar-refractivity contribution in [2.75, 3.05) is 26.7 Å². The van der Waals surface area contributed by atoms with Gasteiger partial charge in [0.05, 0.1) is 30.7 Å². The van der Waals surface area contributed by atoms with Gasteiger partial charge in [-0.1, -0.05) is 11.8 Å². The number of carbonyl (C=O) groups is 1. The molecule has 1 aliphatic heterocycles. The molecule has 1 N–H and O–H groups in total. The smallest absolute Gasteiger partial charge is 0.308 e. The largest absolute Gasteiger partial charge is 0.497 e. The molecule has 0 bridgehead atoms. The molecule has 34 heavy (non-hydrogen) atoms. The number of ether oxygens (including phenoxy) is 1. The van der Waals surface area contributed by atoms with Crippen LogP contribution in [0.3, 0.4) is 0 Å². The molecule has 3 atom stereocenters. The van der Waals surface area contributed by atoms with Crippen molar-refractivity contribution >= 4 is 16.9 Å². The number of hydrogen-bond donors (Lipinski definition) is 1. The highest BCUT2D eigenvalue weighted by Crippen LogP contribution is 2.35. The van der Waals surface area contributed by atoms with E-state index >= 15 is 4.39 Å². The second-order valence-electron chi connectivity index (χ2n) is 8.49. The number of alkyl halides is 1. The fourth-order valence-electron chi connectivity index (χ4n) is 4.52. The van der Waals surface area contributed by atoms with Crippen molar-refractivity contribution in [3.05, 3.63) is 60.3 Å². The maximum Gasteiger partial charge on any atom is 0.308 e. The van der Waals surface area contributed by atoms with Gasteiger partial charge in [-0.15, -0.1) is 0 Å². The molecule has 2 aromatic heterocycles. The van der Waals surface area contributed by atoms with Crippen LogP contribution in [-0.2, 0) is 4.79 Å². The fraction of sp³-hybridized carbons (Fsp3) is 0.385. The van der Waals surface area contributed by atoms with Crippen LogP contribution < -0.4 is 4.74 Å². The minimum absolute atomic E-state index is 0.0786. The first-order valence-electron chi connectivity index (χ1n) is 11.3. The molecule has 0 spiro atoms. The highest BCUT2D eigenvalue weighted by atomic mass is 19.1. The molecular formula is C26H27FN4O3. The Balaban J connectivity index is 1.38. The summed E-state index contributed by atoms with van der Waals surface area (Å²) in [6.07, 6.45) is 6.60. The minimum Gasteiger partial charge on any atom is -0.497 e. The topological polar surface area (TPSA) is 88.4 Å². The predicted octanol–water partition coefficient (Wildman–Crippen LogP) is 3.90. The standard InChI is InChI=1S/C26H27FN4O3/c1-34-20-5-7-25-22(13-20)21(8-10-30-25)24(27)6-4-19-9-12-31(16-23(19)26(32)33)11-2-3-18-14-28-17-29-15-18/h5,7-8,10,13-15,17,19,23-24H,4,6,9,11-12,16H2,1H3,(H,32,33)/t19-,23+,24+/m1/s1. The van der Waals surface area contributed by atoms with E-state index in [0.717, 1.165) is 17.5 Å². The Morgan fingerprint density at radius 3 is 2.91 bits per heavy atom. The highest BCUT2D eigenvalue weighted by Gasteiger charge is 2.34. The van der Waals surface area contributed by atoms with Crippen LogP contribution in [0.1, 0.15) is 36.6 Å². The van der Waals surface area contributed by atoms with Crippen molar-refractivity contribution in [1.29, 1.82) is 0 Å². The number of benzene rings is 1. The van der Waals surface area contributed by atoms with Crippen molar-refractivity contribution < 1.29 is 19.0 Å². The van der Waals surface area contributed by atoms with Crippen LogP contribution in [0.2, 0.25) is 0 Å². The molecule has 4 rings (SSSR count). The van der Waals surface area contributed by atoms with E-state index in [4.69, 9.17) is 4.74 Å². The Morgan fingerprint density at radius 2 is 2.15 bits per heavy atom. The van der Waals surface area contributed by atoms with Gasteiger partial charge in [-0.3, -0.25) is 14.7 Å². The Kier molecular flexibility index (Phi) is 7.65. The molecule has 7 nitrogen and oxygen atoms in total. The monoisotopic (exact) mass is 462 g/mol. The number of hydrogen-bond acceptors (Lipinski definition) is 6. The van der Waals surface area contributed by atoms with Crippen molar-refractivity contribution in [2.24, 2.45) is 11.8 Å². The number of aliphatic carboxylic acids is 1. The van der Waals surface area contributed by atoms with Gasteiger partial charge in [0.25, 0.3) is 0 Å². The summed E-state index contributed by atoms with van der Waals surface area (Å²) in [7, 11) is 1.57. The summed E-state index contributed by atoms with van der Waals surface area (Å²) in [6.45, 7) is 1.62. The van der Waals surface area contributed by atoms with Gasteiger partial charge in [0.2, 0.25) is 0 Å². The van der Waals surface area contributed by atoms with Crippen molar-refractivity contribution in [1.82, 2.24) is 19.9 Å². The van der Waals surface area contributed by atoms with Gasteiger partial charge < -0.3 is 9.84 Å². The first-order chi connectivity index (χ1) is 16.5. The minimum atomic E-state index is -1.20. The second kappa shape index (κ2) is 11.0. The maximum atomic E-state index is 15.3. The number of fused-ring (bicyclic) bond motifs is 1. The molecule has 1 fully saturated rings. The molecule has 3 aromatic rings. The number of pyridine rings is 1. The van der Waals surface area contributed by atoms with Crippen LogP contribution in [0.25, 0.3) is 10.9 Å². The third kappa shape index (κ3) is 5.67. The zero-order chi connectivity index (χ0) is 23.9. The Morgan fingerprint density at radius 1 is 1.32 bits per heavy atom. The number of carboxylic acids is 1. The fourth-order valence-corrected chi connectivity index (χ4v) is 4.52. The number of nitrogens with zero attached hydrogens (tertiary/aromatic N) is 4. The van der Waals surface area contributed by atoms with Crippen LogP contribution in [0.5, 0.6) is 5.75 Å². The van der Waals surface area contributed by atoms with Gasteiger partial charge in [-0.25, -0.2) is 14.4 Å². The molecule has 8 heteroatoms. The number of likely N-dealkylation sites (tertiary alicyclic amines) is 1. The van der Waals surface area contributed by atoms with E-state index in [-0.39, 0.29) is 12.3 Å². The van der Waals surface area contributed by atoms with Crippen LogP contribution in [0, 0.1) is 23.7 Å². The lowest BCUT2D eigenvalue weighted by Gasteiger charge is -2.35. The average Bonchev–Trinajstić information content (AvgIpc) is 2.87. The number of piperidine rings is 1. The van der Waals surface area contributed by atoms with E-state index in [9.17, 15) is 9.90 Å². The van der Waals surface area contributed by atoms with E-state index in [1.807, 2.05) is 11.0 Å². The summed E-state index contributed by atoms with van der Waals surface area (Å²) in [5.41, 5.74) is 2.00. The summed E-state index contributed by atoms with van der Waals surface area (Å²) in [6, 6.07) is 7.11. The first kappa shape index (κ1) is 23.6. The van der Waals surface area contributed by atoms with E-state index < -0.39 is 18.1 Å². The third-order valence-electron chi connectivity index (χ3n) is 6.36. The molecular weight excluding hydrogens is 435 g/mol. The van der Waals surface area contributed by atoms with Crippen molar-refractivity contribution in [2.45, 2.75) is 25.4 Å². The normalized spacial score (nSPS) is 19.2. The third-order valence-corrected chi connectivity index (χ3v) is 6.36. The van der Waals surface area contributed by atoms with E-state index in [1.165, 1.54) is 6.33 Å². The molecule has 1 aromatic carbocycles. The SMILES string of the molecule is COc1ccc2nccc([C@@H](F)CC[C@@H]3CCN(CC#Cc4cncnc4)C[C@@H]3C(=O)O)c2c1. The lowest BCUT2D eigenvalue weighted by molar-refractivity contribution is -0.146. The highest BCUT2D eigenvalue weighted by molar-refractivity contribution is 5.83. The summed E-state index contributed by atoms with van der Waals surface area (Å²) < 4.78 is 20.6. The lowest BCUT2D eigenvalue weighted by atomic mass is 9.81. The van der Waals surface area contributed by atoms with Crippen molar-refractivity contribution in [3.8, 4) is 17.6 Å². The van der Waals surface area contributed by atoms with E-state index in [2.05, 4.69) is 26.8 Å². The number of halogens is 1. The summed E-state index contributed by atoms with van der Waals surface area (Å²) in [4.78, 5) is 26.2. The van der Waals surface area contributed by atoms with Gasteiger partial charge in [-0.05, 0) is 61.6 Å². The van der Waals surface area contributed by atoms with Gasteiger partial charge in [-0.2, -0.15) is 0 Å². The van der Waals surface area contributed by atoms with Crippen LogP contribution in [0.4, 0.5) is 4.39 Å². The van der Waals surface area contributed by atoms with Crippen LogP contribution in [0.15, 0.2) is 49.2 Å². The summed E-state index contributed by atoms with van der Waals surface area (Å²) >= 11 is 0. The van der Waals surface area contributed by atoms with Gasteiger partial charge in [0.15, 0.2) is 0 Å². The zero-order valence-electron chi connectivity index (χ0n) is 19.0. The summed E-state index contributed by atoms with van der Waals surface area (Å²) in [5, 5.41) is 10.5. The lowest BCUT2D eigenvalue weighted by Crippen LogP contribution is -2.44. The maximum absolute atomic E-state index is 15.3. The van der Waals surface area contributed by atoms with E-state index in [0.29, 0.717) is 42.8 Å². The quantitative estimate of drug-likeness (QED) is 0.533. The van der Waals surface area contributed by atoms with Gasteiger partial charge in [0.1, 0.15) is 18.2 Å². The van der Waals surface area contributed by atoms with Gasteiger partial charge >= 0.3 is 5.97 Å². The number of carboxylic acid groups (broad SMARTS) is 1. The summed E-state index contributed by atoms with van der Waals surface area (Å²) in [5.74, 6) is 5.26. The average molecular weight is 463 g/mol. The molecule has 0 radical (unpaired) electrons. The van der Waals surface area contributed by atoms with Gasteiger partial charge in [0, 0.05) is 30.5 Å². The molecule has 0 amide bonds. The molecule has 0 aliphatic carbocycles. The van der Waals surface area contributed by atoms with Crippen molar-refractivity contribution in [3.63, 3.8) is 0 Å². The Labute approximate surface area is 198 Å². The predicted molar refractivity (Wildman–Crippen MR) is 126 cm³/mol. The molecule has 3 heterocycles. The molecule has 0 saturated carbocycles. The van der Waals surface area contributed by atoms with Crippen LogP contribution in [-0.4, -0.2) is 57.7 Å². The number of rotatable bonds is 7. The van der Waals surface area contributed by atoms with Crippen LogP contribution >= 0.6 is 0 Å². The molecule has 0 unspecified atom stereocenters. The zero-order valence-corrected chi connectivity index (χ0v) is 19.0. The van der Waals surface area contributed by atoms with E-state index in [1.54, 1.807) is 43.9 Å². The number of methoxy groups -OCH3 is 1. The first-order valence-corrected chi connectivity index (χ1v) is 11.3. The second-order valence-corrected chi connectivity index (χ2v) is 8.49.